The van der Waals surface area contributed by atoms with Gasteiger partial charge in [-0.1, -0.05) is 18.2 Å². The molecule has 0 bridgehead atoms. The van der Waals surface area contributed by atoms with Gasteiger partial charge in [0.15, 0.2) is 0 Å². The number of nitrogens with one attached hydrogen (secondary N) is 2. The topological polar surface area (TPSA) is 73.8 Å². The van der Waals surface area contributed by atoms with Crippen LogP contribution in [0.5, 0.6) is 0 Å². The number of hydrogen-bond donors (Lipinski definition) is 2. The first kappa shape index (κ1) is 16.6. The van der Waals surface area contributed by atoms with Crippen LogP contribution < -0.4 is 15.8 Å². The summed E-state index contributed by atoms with van der Waals surface area (Å²) >= 11 is 0. The summed E-state index contributed by atoms with van der Waals surface area (Å²) in [5, 5.41) is 3.50. The van der Waals surface area contributed by atoms with Gasteiger partial charge in [0.05, 0.1) is 11.4 Å². The Morgan fingerprint density at radius 1 is 1.20 bits per heavy atom. The van der Waals surface area contributed by atoms with Crippen LogP contribution in [0, 0.1) is 11.6 Å². The van der Waals surface area contributed by atoms with E-state index in [-0.39, 0.29) is 17.4 Å². The zero-order valence-electron chi connectivity index (χ0n) is 13.2. The first-order chi connectivity index (χ1) is 12.0. The molecular formula is C17H14F2N4O2. The van der Waals surface area contributed by atoms with Crippen molar-refractivity contribution in [2.24, 2.45) is 4.99 Å². The highest BCUT2D eigenvalue weighted by atomic mass is 19.1. The van der Waals surface area contributed by atoms with Gasteiger partial charge in [0.1, 0.15) is 17.7 Å². The van der Waals surface area contributed by atoms with E-state index in [0.29, 0.717) is 11.8 Å². The molecule has 0 fully saturated rings. The van der Waals surface area contributed by atoms with E-state index in [4.69, 9.17) is 0 Å². The molecule has 2 aromatic carbocycles. The van der Waals surface area contributed by atoms with Gasteiger partial charge in [0, 0.05) is 6.07 Å². The number of para-hydroxylation sites is 1. The fraction of sp³-hybridized carbons (Fsp3) is 0.118. The van der Waals surface area contributed by atoms with Gasteiger partial charge in [-0.3, -0.25) is 15.0 Å². The summed E-state index contributed by atoms with van der Waals surface area (Å²) in [6, 6.07) is 10.7. The Bertz CT molecular complexity index is 855. The minimum absolute atomic E-state index is 0.153. The number of amides is 2. The first-order valence-corrected chi connectivity index (χ1v) is 7.45. The smallest absolute Gasteiger partial charge is 0.292 e. The van der Waals surface area contributed by atoms with Crippen LogP contribution in [-0.2, 0) is 9.59 Å². The molecule has 0 unspecified atom stereocenters. The number of benzene rings is 2. The summed E-state index contributed by atoms with van der Waals surface area (Å²) in [4.78, 5) is 28.6. The summed E-state index contributed by atoms with van der Waals surface area (Å²) in [5.74, 6) is -2.90. The Morgan fingerprint density at radius 2 is 1.92 bits per heavy atom. The molecule has 6 nitrogen and oxygen atoms in total. The van der Waals surface area contributed by atoms with Crippen molar-refractivity contribution in [1.29, 1.82) is 0 Å². The number of nitrogens with zero attached hydrogens (tertiary/aromatic N) is 2. The average Bonchev–Trinajstić information content (AvgIpc) is 2.60. The van der Waals surface area contributed by atoms with Crippen LogP contribution in [-0.4, -0.2) is 23.7 Å². The Labute approximate surface area is 142 Å². The van der Waals surface area contributed by atoms with E-state index in [9.17, 15) is 18.4 Å². The SMILES string of the molecule is C[C@@H]1N=C(C(=O)Nc2ccc(F)cc2F)NN(c2ccccc2)C1=O. The van der Waals surface area contributed by atoms with Crippen LogP contribution in [0.1, 0.15) is 6.92 Å². The van der Waals surface area contributed by atoms with E-state index in [1.54, 1.807) is 37.3 Å². The summed E-state index contributed by atoms with van der Waals surface area (Å²) < 4.78 is 26.6. The molecule has 3 rings (SSSR count). The van der Waals surface area contributed by atoms with E-state index in [0.717, 1.165) is 12.1 Å². The van der Waals surface area contributed by atoms with Gasteiger partial charge in [0.2, 0.25) is 5.84 Å². The zero-order chi connectivity index (χ0) is 18.0. The van der Waals surface area contributed by atoms with Crippen LogP contribution >= 0.6 is 0 Å². The Balaban J connectivity index is 1.82. The summed E-state index contributed by atoms with van der Waals surface area (Å²) in [5.41, 5.74) is 2.97. The maximum absolute atomic E-state index is 13.7. The molecule has 2 aromatic rings. The van der Waals surface area contributed by atoms with Gasteiger partial charge >= 0.3 is 0 Å². The number of hydrogen-bond acceptors (Lipinski definition) is 4. The molecule has 0 saturated carbocycles. The lowest BCUT2D eigenvalue weighted by Gasteiger charge is -2.30. The molecule has 25 heavy (non-hydrogen) atoms. The predicted molar refractivity (Wildman–Crippen MR) is 88.9 cm³/mol. The number of rotatable bonds is 3. The van der Waals surface area contributed by atoms with E-state index in [1.165, 1.54) is 5.01 Å². The highest BCUT2D eigenvalue weighted by molar-refractivity contribution is 6.43. The summed E-state index contributed by atoms with van der Waals surface area (Å²) in [6.45, 7) is 1.55. The number of halogens is 2. The van der Waals surface area contributed by atoms with E-state index in [1.807, 2.05) is 0 Å². The molecule has 2 amide bonds. The molecule has 0 spiro atoms. The van der Waals surface area contributed by atoms with Crippen molar-refractivity contribution in [1.82, 2.24) is 5.43 Å². The number of aliphatic imine (C=N–C) groups is 1. The maximum Gasteiger partial charge on any atom is 0.292 e. The van der Waals surface area contributed by atoms with Gasteiger partial charge in [0.25, 0.3) is 11.8 Å². The Kier molecular flexibility index (Phi) is 4.42. The predicted octanol–water partition coefficient (Wildman–Crippen LogP) is 2.24. The molecule has 1 aliphatic heterocycles. The lowest BCUT2D eigenvalue weighted by Crippen LogP contribution is -2.57. The molecule has 8 heteroatoms. The number of carbonyl (C=O) groups excluding carboxylic acids is 2. The average molecular weight is 344 g/mol. The van der Waals surface area contributed by atoms with Gasteiger partial charge < -0.3 is 5.32 Å². The van der Waals surface area contributed by atoms with Gasteiger partial charge in [-0.25, -0.2) is 18.8 Å². The third-order valence-corrected chi connectivity index (χ3v) is 3.53. The lowest BCUT2D eigenvalue weighted by molar-refractivity contribution is -0.120. The molecule has 1 heterocycles. The molecule has 0 radical (unpaired) electrons. The van der Waals surface area contributed by atoms with Crippen LogP contribution in [0.15, 0.2) is 53.5 Å². The van der Waals surface area contributed by atoms with Gasteiger partial charge in [-0.15, -0.1) is 0 Å². The van der Waals surface area contributed by atoms with E-state index < -0.39 is 23.6 Å². The lowest BCUT2D eigenvalue weighted by atomic mass is 10.2. The van der Waals surface area contributed by atoms with Crippen molar-refractivity contribution in [2.45, 2.75) is 13.0 Å². The molecule has 1 atom stereocenters. The number of carbonyl (C=O) groups is 2. The molecule has 2 N–H and O–H groups in total. The molecule has 1 aliphatic rings. The van der Waals surface area contributed by atoms with E-state index in [2.05, 4.69) is 15.7 Å². The third-order valence-electron chi connectivity index (χ3n) is 3.53. The van der Waals surface area contributed by atoms with Gasteiger partial charge in [-0.05, 0) is 31.2 Å². The standard InChI is InChI=1S/C17H14F2N4O2/c1-10-17(25)23(12-5-3-2-4-6-12)22-15(20-10)16(24)21-14-8-7-11(18)9-13(14)19/h2-10H,1H3,(H,20,22)(H,21,24)/t10-/m0/s1. The zero-order valence-corrected chi connectivity index (χ0v) is 13.2. The van der Waals surface area contributed by atoms with Crippen LogP contribution in [0.3, 0.4) is 0 Å². The van der Waals surface area contributed by atoms with Crippen molar-refractivity contribution >= 4 is 29.0 Å². The van der Waals surface area contributed by atoms with Crippen LogP contribution in [0.25, 0.3) is 0 Å². The maximum atomic E-state index is 13.7. The second-order valence-electron chi connectivity index (χ2n) is 5.35. The molecule has 0 aromatic heterocycles. The number of amidine groups is 1. The van der Waals surface area contributed by atoms with Crippen LogP contribution in [0.2, 0.25) is 0 Å². The quantitative estimate of drug-likeness (QED) is 0.897. The fourth-order valence-corrected chi connectivity index (χ4v) is 2.28. The summed E-state index contributed by atoms with van der Waals surface area (Å²) in [6.07, 6.45) is 0. The fourth-order valence-electron chi connectivity index (χ4n) is 2.28. The second-order valence-corrected chi connectivity index (χ2v) is 5.35. The summed E-state index contributed by atoms with van der Waals surface area (Å²) in [7, 11) is 0. The largest absolute Gasteiger partial charge is 0.317 e. The second kappa shape index (κ2) is 6.68. The number of anilines is 2. The number of hydrazine groups is 1. The third kappa shape index (κ3) is 3.47. The van der Waals surface area contributed by atoms with Crippen molar-refractivity contribution in [2.75, 3.05) is 10.3 Å². The van der Waals surface area contributed by atoms with Crippen molar-refractivity contribution in [3.05, 3.63) is 60.2 Å². The van der Waals surface area contributed by atoms with E-state index >= 15 is 0 Å². The Hall–Kier alpha value is -3.29. The molecule has 0 aliphatic carbocycles. The minimum atomic E-state index is -0.909. The normalized spacial score (nSPS) is 16.9. The van der Waals surface area contributed by atoms with Crippen LogP contribution in [0.4, 0.5) is 20.2 Å². The minimum Gasteiger partial charge on any atom is -0.317 e. The van der Waals surface area contributed by atoms with Gasteiger partial charge in [-0.2, -0.15) is 0 Å². The monoisotopic (exact) mass is 344 g/mol. The highest BCUT2D eigenvalue weighted by Gasteiger charge is 2.30. The Morgan fingerprint density at radius 3 is 2.60 bits per heavy atom. The molecule has 0 saturated heterocycles. The van der Waals surface area contributed by atoms with Crippen molar-refractivity contribution < 1.29 is 18.4 Å². The first-order valence-electron chi connectivity index (χ1n) is 7.45. The molecular weight excluding hydrogens is 330 g/mol. The highest BCUT2D eigenvalue weighted by Crippen LogP contribution is 2.18. The molecule has 128 valence electrons. The van der Waals surface area contributed by atoms with Crippen molar-refractivity contribution in [3.63, 3.8) is 0 Å². The van der Waals surface area contributed by atoms with Crippen molar-refractivity contribution in [3.8, 4) is 0 Å².